The van der Waals surface area contributed by atoms with Crippen molar-refractivity contribution in [1.29, 1.82) is 0 Å². The SMILES string of the molecule is C(#Cc1ccccc1)N=Cc1ccccc1.CC(C)O. The summed E-state index contributed by atoms with van der Waals surface area (Å²) in [6.07, 6.45) is 1.59. The lowest BCUT2D eigenvalue weighted by molar-refractivity contribution is 0.216. The minimum Gasteiger partial charge on any atom is -0.394 e. The largest absolute Gasteiger partial charge is 0.394 e. The maximum absolute atomic E-state index is 8.06. The van der Waals surface area contributed by atoms with E-state index in [-0.39, 0.29) is 6.10 Å². The van der Waals surface area contributed by atoms with Crippen LogP contribution in [0.15, 0.2) is 65.7 Å². The van der Waals surface area contributed by atoms with E-state index in [9.17, 15) is 0 Å². The number of nitrogens with zero attached hydrogens (tertiary/aromatic N) is 1. The third-order valence-corrected chi connectivity index (χ3v) is 2.05. The van der Waals surface area contributed by atoms with E-state index < -0.39 is 0 Å². The number of hydrogen-bond donors (Lipinski definition) is 1. The van der Waals surface area contributed by atoms with Crippen molar-refractivity contribution in [3.8, 4) is 12.0 Å². The smallest absolute Gasteiger partial charge is 0.0483 e. The minimum atomic E-state index is -0.167. The molecule has 0 aromatic heterocycles. The lowest BCUT2D eigenvalue weighted by Gasteiger charge is -1.87. The maximum atomic E-state index is 8.06. The van der Waals surface area contributed by atoms with Crippen molar-refractivity contribution in [3.05, 3.63) is 71.8 Å². The summed E-state index contributed by atoms with van der Waals surface area (Å²) in [6.45, 7) is 3.44. The van der Waals surface area contributed by atoms with Crippen LogP contribution in [0.4, 0.5) is 0 Å². The fourth-order valence-corrected chi connectivity index (χ4v) is 1.26. The monoisotopic (exact) mass is 265 g/mol. The first-order chi connectivity index (χ1) is 9.68. The third kappa shape index (κ3) is 7.86. The van der Waals surface area contributed by atoms with E-state index in [2.05, 4.69) is 17.0 Å². The Hall–Kier alpha value is -2.37. The molecular formula is C18H19NO. The molecule has 0 spiro atoms. The zero-order valence-corrected chi connectivity index (χ0v) is 11.8. The van der Waals surface area contributed by atoms with E-state index in [1.807, 2.05) is 60.7 Å². The van der Waals surface area contributed by atoms with Gasteiger partial charge in [0.25, 0.3) is 0 Å². The van der Waals surface area contributed by atoms with E-state index in [0.29, 0.717) is 0 Å². The van der Waals surface area contributed by atoms with E-state index in [0.717, 1.165) is 11.1 Å². The van der Waals surface area contributed by atoms with E-state index in [4.69, 9.17) is 5.11 Å². The molecule has 0 aliphatic heterocycles. The van der Waals surface area contributed by atoms with Gasteiger partial charge in [-0.15, -0.1) is 0 Å². The van der Waals surface area contributed by atoms with Crippen LogP contribution in [0.25, 0.3) is 0 Å². The van der Waals surface area contributed by atoms with Crippen LogP contribution in [0.5, 0.6) is 0 Å². The first-order valence-electron chi connectivity index (χ1n) is 6.50. The molecule has 0 atom stereocenters. The fourth-order valence-electron chi connectivity index (χ4n) is 1.26. The molecule has 20 heavy (non-hydrogen) atoms. The van der Waals surface area contributed by atoms with Gasteiger partial charge in [0.05, 0.1) is 0 Å². The van der Waals surface area contributed by atoms with Gasteiger partial charge >= 0.3 is 0 Å². The number of hydrogen-bond acceptors (Lipinski definition) is 2. The molecule has 1 N–H and O–H groups in total. The molecule has 2 aromatic rings. The Bertz CT molecular complexity index is 560. The summed E-state index contributed by atoms with van der Waals surface area (Å²) in [5.74, 6) is 2.97. The average molecular weight is 265 g/mol. The van der Waals surface area contributed by atoms with Gasteiger partial charge in [0, 0.05) is 23.9 Å². The molecular weight excluding hydrogens is 246 g/mol. The molecule has 0 aliphatic carbocycles. The van der Waals surface area contributed by atoms with Crippen LogP contribution >= 0.6 is 0 Å². The standard InChI is InChI=1S/C15H11N.C3H8O/c1-3-7-14(8-4-1)11-12-16-13-15-9-5-2-6-10-15;1-3(2)4/h1-10,13H;3-4H,1-2H3. The number of aliphatic hydroxyl groups is 1. The van der Waals surface area contributed by atoms with Gasteiger partial charge in [-0.2, -0.15) is 0 Å². The van der Waals surface area contributed by atoms with Gasteiger partial charge in [0.1, 0.15) is 0 Å². The first-order valence-corrected chi connectivity index (χ1v) is 6.50. The first kappa shape index (κ1) is 15.7. The van der Waals surface area contributed by atoms with Crippen molar-refractivity contribution in [3.63, 3.8) is 0 Å². The van der Waals surface area contributed by atoms with Crippen LogP contribution in [0, 0.1) is 12.0 Å². The van der Waals surface area contributed by atoms with Crippen molar-refractivity contribution in [1.82, 2.24) is 0 Å². The molecule has 0 aliphatic rings. The number of aliphatic hydroxyl groups excluding tert-OH is 1. The third-order valence-electron chi connectivity index (χ3n) is 2.05. The lowest BCUT2D eigenvalue weighted by atomic mass is 10.2. The summed E-state index contributed by atoms with van der Waals surface area (Å²) in [7, 11) is 0. The molecule has 2 rings (SSSR count). The van der Waals surface area contributed by atoms with Gasteiger partial charge in [-0.25, -0.2) is 4.99 Å². The zero-order valence-electron chi connectivity index (χ0n) is 11.8. The summed E-state index contributed by atoms with van der Waals surface area (Å²) >= 11 is 0. The lowest BCUT2D eigenvalue weighted by Crippen LogP contribution is -1.85. The normalized spacial score (nSPS) is 9.60. The van der Waals surface area contributed by atoms with Crippen molar-refractivity contribution >= 4 is 6.21 Å². The van der Waals surface area contributed by atoms with E-state index in [1.165, 1.54) is 0 Å². The van der Waals surface area contributed by atoms with Gasteiger partial charge < -0.3 is 5.11 Å². The van der Waals surface area contributed by atoms with Gasteiger partial charge in [0.2, 0.25) is 0 Å². The fraction of sp³-hybridized carbons (Fsp3) is 0.167. The van der Waals surface area contributed by atoms with Crippen LogP contribution in [0.1, 0.15) is 25.0 Å². The highest BCUT2D eigenvalue weighted by Gasteiger charge is 1.82. The number of aliphatic imine (C=N–C) groups is 1. The molecule has 2 nitrogen and oxygen atoms in total. The Labute approximate surface area is 120 Å². The average Bonchev–Trinajstić information content (AvgIpc) is 2.45. The molecule has 2 aromatic carbocycles. The Balaban J connectivity index is 0.000000444. The predicted octanol–water partition coefficient (Wildman–Crippen LogP) is 3.50. The Morgan fingerprint density at radius 2 is 1.45 bits per heavy atom. The quantitative estimate of drug-likeness (QED) is 0.621. The molecule has 0 fully saturated rings. The molecule has 0 radical (unpaired) electrons. The second-order valence-corrected chi connectivity index (χ2v) is 4.37. The highest BCUT2D eigenvalue weighted by atomic mass is 16.3. The Kier molecular flexibility index (Phi) is 7.49. The minimum absolute atomic E-state index is 0.167. The Morgan fingerprint density at radius 1 is 0.950 bits per heavy atom. The number of rotatable bonds is 1. The second kappa shape index (κ2) is 9.55. The highest BCUT2D eigenvalue weighted by molar-refractivity contribution is 5.80. The summed E-state index contributed by atoms with van der Waals surface area (Å²) in [5, 5.41) is 8.06. The summed E-state index contributed by atoms with van der Waals surface area (Å²) < 4.78 is 0. The zero-order chi connectivity index (χ0) is 14.6. The van der Waals surface area contributed by atoms with Crippen LogP contribution < -0.4 is 0 Å². The van der Waals surface area contributed by atoms with Crippen LogP contribution in [0.2, 0.25) is 0 Å². The Morgan fingerprint density at radius 3 is 2.00 bits per heavy atom. The molecule has 2 heteroatoms. The summed E-state index contributed by atoms with van der Waals surface area (Å²) in [6, 6.07) is 22.5. The van der Waals surface area contributed by atoms with E-state index >= 15 is 0 Å². The topological polar surface area (TPSA) is 32.6 Å². The van der Waals surface area contributed by atoms with Gasteiger partial charge in [-0.1, -0.05) is 48.5 Å². The van der Waals surface area contributed by atoms with Crippen molar-refractivity contribution in [2.24, 2.45) is 4.99 Å². The van der Waals surface area contributed by atoms with Crippen LogP contribution in [0.3, 0.4) is 0 Å². The van der Waals surface area contributed by atoms with Gasteiger partial charge in [0.15, 0.2) is 0 Å². The van der Waals surface area contributed by atoms with Crippen molar-refractivity contribution in [2.45, 2.75) is 20.0 Å². The molecule has 0 heterocycles. The maximum Gasteiger partial charge on any atom is 0.0483 e. The second-order valence-electron chi connectivity index (χ2n) is 4.37. The van der Waals surface area contributed by atoms with Crippen LogP contribution in [-0.4, -0.2) is 17.4 Å². The molecule has 102 valence electrons. The van der Waals surface area contributed by atoms with Gasteiger partial charge in [-0.05, 0) is 37.5 Å². The molecule has 0 amide bonds. The summed E-state index contributed by atoms with van der Waals surface area (Å²) in [4.78, 5) is 4.05. The van der Waals surface area contributed by atoms with Gasteiger partial charge in [-0.3, -0.25) is 0 Å². The van der Waals surface area contributed by atoms with Crippen molar-refractivity contribution < 1.29 is 5.11 Å². The molecule has 0 saturated carbocycles. The number of benzene rings is 2. The van der Waals surface area contributed by atoms with Crippen LogP contribution in [-0.2, 0) is 0 Å². The van der Waals surface area contributed by atoms with Crippen molar-refractivity contribution in [2.75, 3.05) is 0 Å². The predicted molar refractivity (Wildman–Crippen MR) is 84.7 cm³/mol. The van der Waals surface area contributed by atoms with E-state index in [1.54, 1.807) is 20.1 Å². The highest BCUT2D eigenvalue weighted by Crippen LogP contribution is 1.95. The molecule has 0 bridgehead atoms. The summed E-state index contributed by atoms with van der Waals surface area (Å²) in [5.41, 5.74) is 2.04. The molecule has 0 unspecified atom stereocenters. The molecule has 0 saturated heterocycles.